The molecule has 0 fully saturated rings. The molecule has 0 aliphatic heterocycles. The Balaban J connectivity index is 1.93. The minimum Gasteiger partial charge on any atom is -0.461 e. The third kappa shape index (κ3) is 3.85. The maximum absolute atomic E-state index is 11.8. The molecule has 0 N–H and O–H groups in total. The maximum atomic E-state index is 11.8. The lowest BCUT2D eigenvalue weighted by molar-refractivity contribution is 0.0514. The lowest BCUT2D eigenvalue weighted by Gasteiger charge is -2.42. The Bertz CT molecular complexity index is 887. The molecule has 1 aliphatic rings. The van der Waals surface area contributed by atoms with Crippen LogP contribution in [0.2, 0.25) is 0 Å². The highest BCUT2D eigenvalue weighted by Crippen LogP contribution is 2.46. The summed E-state index contributed by atoms with van der Waals surface area (Å²) in [6, 6.07) is 8.35. The Morgan fingerprint density at radius 3 is 2.48 bits per heavy atom. The van der Waals surface area contributed by atoms with Crippen LogP contribution >= 0.6 is 0 Å². The van der Waals surface area contributed by atoms with Gasteiger partial charge < -0.3 is 9.26 Å². The van der Waals surface area contributed by atoms with Gasteiger partial charge in [0.15, 0.2) is 11.5 Å². The zero-order chi connectivity index (χ0) is 19.8. The van der Waals surface area contributed by atoms with Gasteiger partial charge in [0.05, 0.1) is 6.61 Å². The topological polar surface area (TPSA) is 52.3 Å². The number of hydrogen-bond acceptors (Lipinski definition) is 4. The van der Waals surface area contributed by atoms with Crippen molar-refractivity contribution in [2.75, 3.05) is 6.61 Å². The van der Waals surface area contributed by atoms with Crippen LogP contribution in [0.4, 0.5) is 0 Å². The average molecular weight is 367 g/mol. The Labute approximate surface area is 161 Å². The molecule has 0 amide bonds. The molecule has 4 heteroatoms. The Hall–Kier alpha value is -2.36. The summed E-state index contributed by atoms with van der Waals surface area (Å²) in [5.41, 5.74) is 5.50. The highest BCUT2D eigenvalue weighted by molar-refractivity contribution is 5.89. The van der Waals surface area contributed by atoms with Crippen molar-refractivity contribution in [3.05, 3.63) is 52.4 Å². The van der Waals surface area contributed by atoms with Gasteiger partial charge in [0.25, 0.3) is 0 Å². The molecular formula is C23H29NO3. The molecule has 2 aromatic rings. The quantitative estimate of drug-likeness (QED) is 0.645. The predicted molar refractivity (Wildman–Crippen MR) is 108 cm³/mol. The molecule has 0 saturated heterocycles. The Kier molecular flexibility index (Phi) is 5.02. The smallest absolute Gasteiger partial charge is 0.360 e. The number of allylic oxidation sites excluding steroid dienone is 1. The molecular weight excluding hydrogens is 338 g/mol. The van der Waals surface area contributed by atoms with E-state index in [0.29, 0.717) is 12.4 Å². The fourth-order valence-corrected chi connectivity index (χ4v) is 3.78. The number of benzene rings is 1. The minimum absolute atomic E-state index is 0.173. The number of fused-ring (bicyclic) bond motifs is 1. The summed E-state index contributed by atoms with van der Waals surface area (Å²) < 4.78 is 10.3. The summed E-state index contributed by atoms with van der Waals surface area (Å²) in [5, 5.41) is 3.82. The number of esters is 1. The van der Waals surface area contributed by atoms with E-state index in [2.05, 4.69) is 57.1 Å². The molecule has 1 aliphatic carbocycles. The second-order valence-corrected chi connectivity index (χ2v) is 8.70. The van der Waals surface area contributed by atoms with Gasteiger partial charge in [-0.15, -0.1) is 0 Å². The van der Waals surface area contributed by atoms with Crippen molar-refractivity contribution in [1.82, 2.24) is 5.16 Å². The molecule has 1 aromatic carbocycles. The van der Waals surface area contributed by atoms with E-state index in [-0.39, 0.29) is 16.5 Å². The molecule has 1 heterocycles. The van der Waals surface area contributed by atoms with Crippen LogP contribution in [-0.4, -0.2) is 17.7 Å². The van der Waals surface area contributed by atoms with Gasteiger partial charge in [-0.2, -0.15) is 0 Å². The van der Waals surface area contributed by atoms with Gasteiger partial charge in [-0.25, -0.2) is 4.79 Å². The monoisotopic (exact) mass is 367 g/mol. The number of nitrogens with zero attached hydrogens (tertiary/aromatic N) is 1. The van der Waals surface area contributed by atoms with Crippen LogP contribution < -0.4 is 0 Å². The molecule has 0 spiro atoms. The van der Waals surface area contributed by atoms with Gasteiger partial charge in [-0.1, -0.05) is 51.1 Å². The summed E-state index contributed by atoms with van der Waals surface area (Å²) in [6.45, 7) is 13.3. The molecule has 27 heavy (non-hydrogen) atoms. The minimum atomic E-state index is -0.460. The molecule has 0 bridgehead atoms. The van der Waals surface area contributed by atoms with Gasteiger partial charge in [0, 0.05) is 6.07 Å². The summed E-state index contributed by atoms with van der Waals surface area (Å²) in [4.78, 5) is 11.8. The molecule has 144 valence electrons. The van der Waals surface area contributed by atoms with Crippen molar-refractivity contribution >= 4 is 17.6 Å². The van der Waals surface area contributed by atoms with Gasteiger partial charge >= 0.3 is 5.97 Å². The first-order valence-corrected chi connectivity index (χ1v) is 9.61. The number of rotatable bonds is 4. The first kappa shape index (κ1) is 19.4. The number of carbonyl (C=O) groups is 1. The van der Waals surface area contributed by atoms with E-state index in [1.165, 1.54) is 24.0 Å². The van der Waals surface area contributed by atoms with Crippen molar-refractivity contribution in [3.63, 3.8) is 0 Å². The average Bonchev–Trinajstić information content (AvgIpc) is 3.10. The Morgan fingerprint density at radius 1 is 1.15 bits per heavy atom. The maximum Gasteiger partial charge on any atom is 0.360 e. The molecule has 4 nitrogen and oxygen atoms in total. The van der Waals surface area contributed by atoms with Crippen LogP contribution in [0, 0.1) is 0 Å². The van der Waals surface area contributed by atoms with Gasteiger partial charge in [0.1, 0.15) is 0 Å². The van der Waals surface area contributed by atoms with E-state index in [1.54, 1.807) is 13.0 Å². The van der Waals surface area contributed by atoms with Crippen LogP contribution in [0.15, 0.2) is 28.8 Å². The van der Waals surface area contributed by atoms with E-state index < -0.39 is 5.97 Å². The molecule has 0 radical (unpaired) electrons. The van der Waals surface area contributed by atoms with Crippen LogP contribution in [0.3, 0.4) is 0 Å². The summed E-state index contributed by atoms with van der Waals surface area (Å²) in [7, 11) is 0. The summed E-state index contributed by atoms with van der Waals surface area (Å²) in [6.07, 6.45) is 4.47. The first-order chi connectivity index (χ1) is 12.6. The van der Waals surface area contributed by atoms with Crippen molar-refractivity contribution in [3.8, 4) is 0 Å². The summed E-state index contributed by atoms with van der Waals surface area (Å²) >= 11 is 0. The van der Waals surface area contributed by atoms with Crippen LogP contribution in [-0.2, 0) is 15.6 Å². The van der Waals surface area contributed by atoms with Gasteiger partial charge in [-0.3, -0.25) is 0 Å². The highest BCUT2D eigenvalue weighted by Gasteiger charge is 2.36. The highest BCUT2D eigenvalue weighted by atomic mass is 16.5. The second-order valence-electron chi connectivity index (χ2n) is 8.70. The van der Waals surface area contributed by atoms with E-state index in [4.69, 9.17) is 9.26 Å². The third-order valence-corrected chi connectivity index (χ3v) is 5.64. The van der Waals surface area contributed by atoms with Crippen LogP contribution in [0.1, 0.15) is 87.3 Å². The first-order valence-electron chi connectivity index (χ1n) is 9.61. The van der Waals surface area contributed by atoms with Crippen molar-refractivity contribution < 1.29 is 14.1 Å². The van der Waals surface area contributed by atoms with Crippen molar-refractivity contribution in [1.29, 1.82) is 0 Å². The van der Waals surface area contributed by atoms with E-state index >= 15 is 0 Å². The zero-order valence-corrected chi connectivity index (χ0v) is 17.2. The molecule has 1 aromatic heterocycles. The number of hydrogen-bond donors (Lipinski definition) is 0. The van der Waals surface area contributed by atoms with Gasteiger partial charge in [-0.05, 0) is 65.9 Å². The second kappa shape index (κ2) is 6.99. The lowest BCUT2D eigenvalue weighted by atomic mass is 9.63. The van der Waals surface area contributed by atoms with Gasteiger partial charge in [0.2, 0.25) is 0 Å². The molecule has 0 unspecified atom stereocenters. The number of ether oxygens (including phenoxy) is 1. The molecule has 3 rings (SSSR count). The van der Waals surface area contributed by atoms with Crippen LogP contribution in [0.5, 0.6) is 0 Å². The van der Waals surface area contributed by atoms with Crippen molar-refractivity contribution in [2.24, 2.45) is 0 Å². The SMILES string of the molecule is CCOC(=O)c1cc(/C(C)=C\c2ccc3c(c2)C(C)(C)CCC3(C)C)on1. The summed E-state index contributed by atoms with van der Waals surface area (Å²) in [5.74, 6) is 0.119. The normalized spacial score (nSPS) is 18.1. The van der Waals surface area contributed by atoms with E-state index in [9.17, 15) is 4.79 Å². The fraction of sp³-hybridized carbons (Fsp3) is 0.478. The fourth-order valence-electron chi connectivity index (χ4n) is 3.78. The lowest BCUT2D eigenvalue weighted by Crippen LogP contribution is -2.33. The largest absolute Gasteiger partial charge is 0.461 e. The number of aromatic nitrogens is 1. The standard InChI is InChI=1S/C23H29NO3/c1-7-26-21(25)19-14-20(27-24-19)15(2)12-16-8-9-17-18(13-16)23(5,6)11-10-22(17,3)4/h8-9,12-14H,7,10-11H2,1-6H3/b15-12-. The zero-order valence-electron chi connectivity index (χ0n) is 17.2. The predicted octanol–water partition coefficient (Wildman–Crippen LogP) is 5.76. The Morgan fingerprint density at radius 2 is 1.81 bits per heavy atom. The van der Waals surface area contributed by atoms with Crippen LogP contribution in [0.25, 0.3) is 11.6 Å². The molecule has 0 atom stereocenters. The number of carbonyl (C=O) groups excluding carboxylic acids is 1. The van der Waals surface area contributed by atoms with E-state index in [1.807, 2.05) is 6.92 Å². The third-order valence-electron chi connectivity index (χ3n) is 5.64. The molecule has 0 saturated carbocycles. The van der Waals surface area contributed by atoms with Crippen molar-refractivity contribution in [2.45, 2.75) is 65.2 Å². The van der Waals surface area contributed by atoms with E-state index in [0.717, 1.165) is 11.1 Å².